The van der Waals surface area contributed by atoms with E-state index in [0.29, 0.717) is 12.3 Å². The third-order valence-electron chi connectivity index (χ3n) is 2.92. The number of hydrogen-bond donors (Lipinski definition) is 1. The predicted octanol–water partition coefficient (Wildman–Crippen LogP) is 4.07. The molecule has 0 fully saturated rings. The van der Waals surface area contributed by atoms with Gasteiger partial charge in [0.15, 0.2) is 5.12 Å². The van der Waals surface area contributed by atoms with Crippen LogP contribution in [0.5, 0.6) is 0 Å². The standard InChI is InChI=1S/C16H22O3S/c1-11(2)10-13-4-6-14(7-5-13)15(20-12(3)17)8-9-16(18)19/h4-7,11,15H,8-10H2,1-3H3,(H,18,19). The molecule has 0 spiro atoms. The second kappa shape index (κ2) is 8.10. The summed E-state index contributed by atoms with van der Waals surface area (Å²) in [6.07, 6.45) is 1.59. The molecule has 20 heavy (non-hydrogen) atoms. The van der Waals surface area contributed by atoms with E-state index in [9.17, 15) is 9.59 Å². The third kappa shape index (κ3) is 6.24. The Morgan fingerprint density at radius 2 is 1.80 bits per heavy atom. The first-order valence-corrected chi connectivity index (χ1v) is 7.74. The van der Waals surface area contributed by atoms with Gasteiger partial charge in [-0.25, -0.2) is 0 Å². The third-order valence-corrected chi connectivity index (χ3v) is 4.05. The zero-order valence-electron chi connectivity index (χ0n) is 12.3. The summed E-state index contributed by atoms with van der Waals surface area (Å²) in [7, 11) is 0. The van der Waals surface area contributed by atoms with Gasteiger partial charge in [-0.05, 0) is 29.9 Å². The van der Waals surface area contributed by atoms with Gasteiger partial charge in [0.1, 0.15) is 0 Å². The van der Waals surface area contributed by atoms with Crippen LogP contribution in [0.2, 0.25) is 0 Å². The fraction of sp³-hybridized carbons (Fsp3) is 0.500. The summed E-state index contributed by atoms with van der Waals surface area (Å²) in [4.78, 5) is 22.0. The first-order chi connectivity index (χ1) is 9.38. The molecule has 0 bridgehead atoms. The average Bonchev–Trinajstić information content (AvgIpc) is 2.34. The van der Waals surface area contributed by atoms with Crippen LogP contribution in [0, 0.1) is 5.92 Å². The second-order valence-corrected chi connectivity index (χ2v) is 6.75. The summed E-state index contributed by atoms with van der Waals surface area (Å²) < 4.78 is 0. The van der Waals surface area contributed by atoms with Crippen LogP contribution < -0.4 is 0 Å². The molecule has 1 atom stereocenters. The highest BCUT2D eigenvalue weighted by Gasteiger charge is 2.16. The number of hydrogen-bond acceptors (Lipinski definition) is 3. The van der Waals surface area contributed by atoms with Crippen molar-refractivity contribution in [3.63, 3.8) is 0 Å². The molecule has 3 nitrogen and oxygen atoms in total. The molecule has 0 aliphatic rings. The summed E-state index contributed by atoms with van der Waals surface area (Å²) in [5.41, 5.74) is 2.30. The summed E-state index contributed by atoms with van der Waals surface area (Å²) in [5.74, 6) is -0.217. The SMILES string of the molecule is CC(=O)SC(CCC(=O)O)c1ccc(CC(C)C)cc1. The van der Waals surface area contributed by atoms with Gasteiger partial charge < -0.3 is 5.11 Å². The monoisotopic (exact) mass is 294 g/mol. The highest BCUT2D eigenvalue weighted by atomic mass is 32.2. The summed E-state index contributed by atoms with van der Waals surface area (Å²) in [6, 6.07) is 8.17. The van der Waals surface area contributed by atoms with Crippen LogP contribution >= 0.6 is 11.8 Å². The molecular weight excluding hydrogens is 272 g/mol. The van der Waals surface area contributed by atoms with Crippen molar-refractivity contribution in [1.82, 2.24) is 0 Å². The van der Waals surface area contributed by atoms with E-state index in [-0.39, 0.29) is 16.8 Å². The highest BCUT2D eigenvalue weighted by Crippen LogP contribution is 2.33. The number of carboxylic acids is 1. The van der Waals surface area contributed by atoms with E-state index in [1.165, 1.54) is 24.2 Å². The Bertz CT molecular complexity index is 451. The van der Waals surface area contributed by atoms with E-state index in [4.69, 9.17) is 5.11 Å². The van der Waals surface area contributed by atoms with Crippen LogP contribution in [-0.4, -0.2) is 16.2 Å². The zero-order valence-corrected chi connectivity index (χ0v) is 13.1. The minimum absolute atomic E-state index is 0.0200. The molecule has 4 heteroatoms. The topological polar surface area (TPSA) is 54.4 Å². The number of carbonyl (C=O) groups excluding carboxylic acids is 1. The number of rotatable bonds is 7. The van der Waals surface area contributed by atoms with Crippen molar-refractivity contribution in [2.24, 2.45) is 5.92 Å². The Labute approximate surface area is 124 Å². The lowest BCUT2D eigenvalue weighted by molar-refractivity contribution is -0.137. The van der Waals surface area contributed by atoms with Gasteiger partial charge in [-0.3, -0.25) is 9.59 Å². The number of benzene rings is 1. The molecule has 1 unspecified atom stereocenters. The molecule has 0 aliphatic heterocycles. The van der Waals surface area contributed by atoms with Crippen molar-refractivity contribution in [3.05, 3.63) is 35.4 Å². The summed E-state index contributed by atoms with van der Waals surface area (Å²) in [5, 5.41) is 8.74. The van der Waals surface area contributed by atoms with Gasteiger partial charge in [0.2, 0.25) is 0 Å². The second-order valence-electron chi connectivity index (χ2n) is 5.37. The molecule has 0 saturated heterocycles. The Kier molecular flexibility index (Phi) is 6.79. The Balaban J connectivity index is 2.78. The Morgan fingerprint density at radius 1 is 1.20 bits per heavy atom. The molecule has 0 aromatic heterocycles. The van der Waals surface area contributed by atoms with Gasteiger partial charge in [-0.1, -0.05) is 49.9 Å². The molecule has 0 saturated carbocycles. The normalized spacial score (nSPS) is 12.4. The van der Waals surface area contributed by atoms with Crippen molar-refractivity contribution in [3.8, 4) is 0 Å². The van der Waals surface area contributed by atoms with Crippen molar-refractivity contribution in [2.75, 3.05) is 0 Å². The van der Waals surface area contributed by atoms with E-state index in [1.54, 1.807) is 0 Å². The first-order valence-electron chi connectivity index (χ1n) is 6.86. The van der Waals surface area contributed by atoms with Gasteiger partial charge in [0.25, 0.3) is 0 Å². The predicted molar refractivity (Wildman–Crippen MR) is 82.9 cm³/mol. The Morgan fingerprint density at radius 3 is 2.25 bits per heavy atom. The van der Waals surface area contributed by atoms with Crippen LogP contribution in [0.1, 0.15) is 50.0 Å². The quantitative estimate of drug-likeness (QED) is 0.823. The molecule has 0 aliphatic carbocycles. The molecular formula is C16H22O3S. The molecule has 110 valence electrons. The van der Waals surface area contributed by atoms with Gasteiger partial charge in [-0.15, -0.1) is 0 Å². The largest absolute Gasteiger partial charge is 0.481 e. The summed E-state index contributed by atoms with van der Waals surface area (Å²) in [6.45, 7) is 5.87. The lowest BCUT2D eigenvalue weighted by Crippen LogP contribution is -2.03. The molecule has 1 rings (SSSR count). The molecule has 1 N–H and O–H groups in total. The molecule has 0 heterocycles. The van der Waals surface area contributed by atoms with E-state index < -0.39 is 5.97 Å². The van der Waals surface area contributed by atoms with Crippen molar-refractivity contribution >= 4 is 22.8 Å². The number of carbonyl (C=O) groups is 2. The molecule has 1 aromatic rings. The summed E-state index contributed by atoms with van der Waals surface area (Å²) >= 11 is 1.21. The van der Waals surface area contributed by atoms with Crippen LogP contribution in [0.25, 0.3) is 0 Å². The maximum absolute atomic E-state index is 11.3. The molecule has 0 radical (unpaired) electrons. The average molecular weight is 294 g/mol. The Hall–Kier alpha value is -1.29. The van der Waals surface area contributed by atoms with Crippen LogP contribution in [0.3, 0.4) is 0 Å². The van der Waals surface area contributed by atoms with Crippen molar-refractivity contribution < 1.29 is 14.7 Å². The maximum atomic E-state index is 11.3. The lowest BCUT2D eigenvalue weighted by atomic mass is 10.00. The van der Waals surface area contributed by atoms with E-state index in [2.05, 4.69) is 26.0 Å². The zero-order chi connectivity index (χ0) is 15.1. The maximum Gasteiger partial charge on any atom is 0.303 e. The van der Waals surface area contributed by atoms with E-state index >= 15 is 0 Å². The number of carboxylic acid groups (broad SMARTS) is 1. The van der Waals surface area contributed by atoms with E-state index in [1.807, 2.05) is 12.1 Å². The van der Waals surface area contributed by atoms with Crippen LogP contribution in [-0.2, 0) is 16.0 Å². The fourth-order valence-corrected chi connectivity index (χ4v) is 3.02. The van der Waals surface area contributed by atoms with Gasteiger partial charge >= 0.3 is 5.97 Å². The van der Waals surface area contributed by atoms with Gasteiger partial charge in [0.05, 0.1) is 0 Å². The van der Waals surface area contributed by atoms with E-state index in [0.717, 1.165) is 12.0 Å². The number of aliphatic carboxylic acids is 1. The fourth-order valence-electron chi connectivity index (χ4n) is 2.09. The van der Waals surface area contributed by atoms with Crippen molar-refractivity contribution in [1.29, 1.82) is 0 Å². The minimum Gasteiger partial charge on any atom is -0.481 e. The van der Waals surface area contributed by atoms with Crippen molar-refractivity contribution in [2.45, 2.75) is 45.3 Å². The molecule has 0 amide bonds. The van der Waals surface area contributed by atoms with Crippen LogP contribution in [0.15, 0.2) is 24.3 Å². The first kappa shape index (κ1) is 16.8. The van der Waals surface area contributed by atoms with Gasteiger partial charge in [-0.2, -0.15) is 0 Å². The van der Waals surface area contributed by atoms with Crippen LogP contribution in [0.4, 0.5) is 0 Å². The minimum atomic E-state index is -0.824. The van der Waals surface area contributed by atoms with Gasteiger partial charge in [0, 0.05) is 18.6 Å². The lowest BCUT2D eigenvalue weighted by Gasteiger charge is -2.15. The highest BCUT2D eigenvalue weighted by molar-refractivity contribution is 8.13. The smallest absolute Gasteiger partial charge is 0.303 e. The molecule has 1 aromatic carbocycles. The number of thioether (sulfide) groups is 1.